The van der Waals surface area contributed by atoms with Crippen LogP contribution in [0.25, 0.3) is 11.0 Å². The van der Waals surface area contributed by atoms with Gasteiger partial charge in [-0.2, -0.15) is 5.10 Å². The second-order valence-corrected chi connectivity index (χ2v) is 5.13. The first-order valence-corrected chi connectivity index (χ1v) is 6.89. The molecule has 4 heteroatoms. The van der Waals surface area contributed by atoms with Gasteiger partial charge in [-0.15, -0.1) is 0 Å². The Morgan fingerprint density at radius 3 is 2.90 bits per heavy atom. The lowest BCUT2D eigenvalue weighted by Crippen LogP contribution is -2.21. The summed E-state index contributed by atoms with van der Waals surface area (Å²) in [5.74, 6) is 0.931. The first-order chi connectivity index (χ1) is 9.67. The van der Waals surface area contributed by atoms with Crippen LogP contribution in [0.4, 0.5) is 0 Å². The number of benzene rings is 1. The molecule has 0 radical (unpaired) electrons. The van der Waals surface area contributed by atoms with Crippen molar-refractivity contribution in [2.24, 2.45) is 7.05 Å². The lowest BCUT2D eigenvalue weighted by atomic mass is 10.1. The van der Waals surface area contributed by atoms with E-state index >= 15 is 0 Å². The molecule has 0 fully saturated rings. The topological polar surface area (TPSA) is 43.0 Å². The molecule has 1 aromatic carbocycles. The van der Waals surface area contributed by atoms with Crippen LogP contribution in [-0.2, 0) is 7.05 Å². The maximum absolute atomic E-state index is 6.00. The molecule has 20 heavy (non-hydrogen) atoms. The summed E-state index contributed by atoms with van der Waals surface area (Å²) in [6.07, 6.45) is 3.90. The van der Waals surface area contributed by atoms with Crippen LogP contribution in [0.5, 0.6) is 0 Å². The molecular formula is C16H19N3O. The van der Waals surface area contributed by atoms with Gasteiger partial charge >= 0.3 is 0 Å². The molecule has 2 heterocycles. The van der Waals surface area contributed by atoms with Gasteiger partial charge in [-0.05, 0) is 31.7 Å². The van der Waals surface area contributed by atoms with E-state index in [4.69, 9.17) is 4.42 Å². The zero-order valence-electron chi connectivity index (χ0n) is 12.1. The smallest absolute Gasteiger partial charge is 0.134 e. The lowest BCUT2D eigenvalue weighted by molar-refractivity contribution is 0.477. The van der Waals surface area contributed by atoms with Crippen molar-refractivity contribution in [2.45, 2.75) is 19.9 Å². The van der Waals surface area contributed by atoms with Crippen molar-refractivity contribution in [2.75, 3.05) is 6.54 Å². The molecule has 0 aliphatic heterocycles. The molecule has 0 saturated carbocycles. The van der Waals surface area contributed by atoms with E-state index in [1.807, 2.05) is 30.2 Å². The van der Waals surface area contributed by atoms with Crippen molar-refractivity contribution in [3.8, 4) is 0 Å². The summed E-state index contributed by atoms with van der Waals surface area (Å²) in [5, 5.41) is 8.85. The van der Waals surface area contributed by atoms with Gasteiger partial charge in [-0.1, -0.05) is 18.6 Å². The highest BCUT2D eigenvalue weighted by Crippen LogP contribution is 2.28. The largest absolute Gasteiger partial charge is 0.459 e. The van der Waals surface area contributed by atoms with Gasteiger partial charge < -0.3 is 9.73 Å². The highest BCUT2D eigenvalue weighted by molar-refractivity contribution is 5.78. The first kappa shape index (κ1) is 12.9. The number of hydrogen-bond donors (Lipinski definition) is 1. The fourth-order valence-electron chi connectivity index (χ4n) is 2.50. The standard InChI is InChI=1S/C16H19N3O/c1-4-17-16(13-9-18-19(3)10-13)15-8-12-7-11(2)5-6-14(12)20-15/h5-10,16-17H,4H2,1-3H3. The molecule has 1 N–H and O–H groups in total. The number of furan rings is 1. The number of aryl methyl sites for hydroxylation is 2. The molecule has 1 unspecified atom stereocenters. The summed E-state index contributed by atoms with van der Waals surface area (Å²) in [6.45, 7) is 5.06. The Labute approximate surface area is 118 Å². The zero-order chi connectivity index (χ0) is 14.1. The zero-order valence-corrected chi connectivity index (χ0v) is 12.1. The Hall–Kier alpha value is -2.07. The number of nitrogens with zero attached hydrogens (tertiary/aromatic N) is 2. The van der Waals surface area contributed by atoms with Gasteiger partial charge in [0.25, 0.3) is 0 Å². The van der Waals surface area contributed by atoms with Crippen molar-refractivity contribution in [3.63, 3.8) is 0 Å². The Kier molecular flexibility index (Phi) is 3.32. The Balaban J connectivity index is 2.04. The predicted octanol–water partition coefficient (Wildman–Crippen LogP) is 3.17. The van der Waals surface area contributed by atoms with Gasteiger partial charge in [-0.3, -0.25) is 4.68 Å². The minimum Gasteiger partial charge on any atom is -0.459 e. The van der Waals surface area contributed by atoms with Crippen LogP contribution < -0.4 is 5.32 Å². The molecule has 0 aliphatic carbocycles. The van der Waals surface area contributed by atoms with E-state index in [1.165, 1.54) is 5.56 Å². The molecule has 1 atom stereocenters. The second-order valence-electron chi connectivity index (χ2n) is 5.13. The molecule has 3 rings (SSSR count). The van der Waals surface area contributed by atoms with Crippen LogP contribution in [0.2, 0.25) is 0 Å². The molecule has 0 spiro atoms. The monoisotopic (exact) mass is 269 g/mol. The summed E-state index contributed by atoms with van der Waals surface area (Å²) in [4.78, 5) is 0. The Morgan fingerprint density at radius 2 is 2.20 bits per heavy atom. The average Bonchev–Trinajstić information content (AvgIpc) is 3.01. The van der Waals surface area contributed by atoms with E-state index < -0.39 is 0 Å². The molecule has 0 aliphatic rings. The summed E-state index contributed by atoms with van der Waals surface area (Å²) >= 11 is 0. The van der Waals surface area contributed by atoms with Crippen LogP contribution >= 0.6 is 0 Å². The number of nitrogens with one attached hydrogen (secondary N) is 1. The molecule has 0 saturated heterocycles. The van der Waals surface area contributed by atoms with Crippen molar-refractivity contribution in [1.82, 2.24) is 15.1 Å². The number of fused-ring (bicyclic) bond motifs is 1. The molecule has 0 amide bonds. The van der Waals surface area contributed by atoms with Crippen molar-refractivity contribution < 1.29 is 4.42 Å². The van der Waals surface area contributed by atoms with E-state index in [9.17, 15) is 0 Å². The highest BCUT2D eigenvalue weighted by atomic mass is 16.3. The summed E-state index contributed by atoms with van der Waals surface area (Å²) in [5.41, 5.74) is 3.29. The third-order valence-electron chi connectivity index (χ3n) is 3.44. The summed E-state index contributed by atoms with van der Waals surface area (Å²) < 4.78 is 7.81. The lowest BCUT2D eigenvalue weighted by Gasteiger charge is -2.13. The van der Waals surface area contributed by atoms with Gasteiger partial charge in [0.05, 0.1) is 12.2 Å². The van der Waals surface area contributed by atoms with Crippen LogP contribution in [0.1, 0.15) is 29.9 Å². The van der Waals surface area contributed by atoms with Gasteiger partial charge in [0.1, 0.15) is 11.3 Å². The third-order valence-corrected chi connectivity index (χ3v) is 3.44. The van der Waals surface area contributed by atoms with Crippen molar-refractivity contribution in [3.05, 3.63) is 53.5 Å². The van der Waals surface area contributed by atoms with Gasteiger partial charge in [0.15, 0.2) is 0 Å². The molecule has 0 bridgehead atoms. The summed E-state index contributed by atoms with van der Waals surface area (Å²) in [6, 6.07) is 8.40. The van der Waals surface area contributed by atoms with Crippen LogP contribution in [0, 0.1) is 6.92 Å². The molecule has 3 aromatic rings. The van der Waals surface area contributed by atoms with E-state index in [0.717, 1.165) is 28.8 Å². The number of rotatable bonds is 4. The highest BCUT2D eigenvalue weighted by Gasteiger charge is 2.19. The van der Waals surface area contributed by atoms with Gasteiger partial charge in [-0.25, -0.2) is 0 Å². The van der Waals surface area contributed by atoms with Crippen LogP contribution in [0.3, 0.4) is 0 Å². The fourth-order valence-corrected chi connectivity index (χ4v) is 2.50. The minimum atomic E-state index is 0.0430. The number of hydrogen-bond acceptors (Lipinski definition) is 3. The van der Waals surface area contributed by atoms with Crippen molar-refractivity contribution in [1.29, 1.82) is 0 Å². The first-order valence-electron chi connectivity index (χ1n) is 6.89. The third kappa shape index (κ3) is 2.34. The van der Waals surface area contributed by atoms with Crippen LogP contribution in [0.15, 0.2) is 41.1 Å². The van der Waals surface area contributed by atoms with Crippen LogP contribution in [-0.4, -0.2) is 16.3 Å². The predicted molar refractivity (Wildman–Crippen MR) is 79.7 cm³/mol. The van der Waals surface area contributed by atoms with E-state index in [1.54, 1.807) is 0 Å². The van der Waals surface area contributed by atoms with E-state index in [0.29, 0.717) is 0 Å². The molecule has 2 aromatic heterocycles. The Morgan fingerprint density at radius 1 is 1.35 bits per heavy atom. The average molecular weight is 269 g/mol. The fraction of sp³-hybridized carbons (Fsp3) is 0.312. The SMILES string of the molecule is CCNC(c1cnn(C)c1)c1cc2cc(C)ccc2o1. The van der Waals surface area contributed by atoms with Crippen molar-refractivity contribution >= 4 is 11.0 Å². The quantitative estimate of drug-likeness (QED) is 0.791. The second kappa shape index (κ2) is 5.13. The normalized spacial score (nSPS) is 12.9. The Bertz CT molecular complexity index is 726. The molecule has 104 valence electrons. The van der Waals surface area contributed by atoms with Gasteiger partial charge in [0, 0.05) is 24.2 Å². The summed E-state index contributed by atoms with van der Waals surface area (Å²) in [7, 11) is 1.93. The molecule has 4 nitrogen and oxygen atoms in total. The minimum absolute atomic E-state index is 0.0430. The maximum atomic E-state index is 6.00. The number of aromatic nitrogens is 2. The van der Waals surface area contributed by atoms with E-state index in [-0.39, 0.29) is 6.04 Å². The molecular weight excluding hydrogens is 250 g/mol. The van der Waals surface area contributed by atoms with Gasteiger partial charge in [0.2, 0.25) is 0 Å². The van der Waals surface area contributed by atoms with E-state index in [2.05, 4.69) is 42.5 Å². The maximum Gasteiger partial charge on any atom is 0.134 e.